The van der Waals surface area contributed by atoms with Gasteiger partial charge >= 0.3 is 12.0 Å². The fourth-order valence-corrected chi connectivity index (χ4v) is 6.59. The van der Waals surface area contributed by atoms with Gasteiger partial charge in [-0.2, -0.15) is 0 Å². The van der Waals surface area contributed by atoms with Gasteiger partial charge in [0.2, 0.25) is 12.5 Å². The van der Waals surface area contributed by atoms with Crippen LogP contribution in [-0.4, -0.2) is 84.0 Å². The van der Waals surface area contributed by atoms with Crippen molar-refractivity contribution in [3.05, 3.63) is 41.0 Å². The highest BCUT2D eigenvalue weighted by Gasteiger charge is 2.53. The highest BCUT2D eigenvalue weighted by Crippen LogP contribution is 2.55. The Hall–Kier alpha value is -3.94. The van der Waals surface area contributed by atoms with E-state index in [4.69, 9.17) is 29.4 Å². The molecule has 3 aliphatic rings. The third-order valence-corrected chi connectivity index (χ3v) is 8.92. The van der Waals surface area contributed by atoms with Gasteiger partial charge < -0.3 is 55.8 Å². The molecule has 13 heteroatoms. The summed E-state index contributed by atoms with van der Waals surface area (Å²) in [4.78, 5) is 26.5. The summed E-state index contributed by atoms with van der Waals surface area (Å²) in [7, 11) is 2.91. The maximum atomic E-state index is 13.3. The van der Waals surface area contributed by atoms with Crippen LogP contribution in [0.15, 0.2) is 24.3 Å². The van der Waals surface area contributed by atoms with Crippen LogP contribution in [0.5, 0.6) is 28.7 Å². The number of aromatic hydroxyl groups is 1. The van der Waals surface area contributed by atoms with E-state index in [1.165, 1.54) is 14.2 Å². The van der Waals surface area contributed by atoms with Gasteiger partial charge in [0.25, 0.3) is 0 Å². The van der Waals surface area contributed by atoms with E-state index in [9.17, 15) is 14.7 Å². The number of ether oxygens (including phenoxy) is 5. The maximum Gasteiger partial charge on any atom is 0.315 e. The van der Waals surface area contributed by atoms with Crippen molar-refractivity contribution < 1.29 is 38.4 Å². The molecule has 2 aliphatic heterocycles. The third-order valence-electron chi connectivity index (χ3n) is 8.92. The number of carbonyl (C=O) groups excluding carboxylic acids is 2. The maximum absolute atomic E-state index is 13.3. The Labute approximate surface area is 269 Å². The zero-order valence-electron chi connectivity index (χ0n) is 26.7. The molecule has 0 bridgehead atoms. The van der Waals surface area contributed by atoms with Gasteiger partial charge in [0.15, 0.2) is 23.0 Å². The molecule has 0 saturated carbocycles. The first-order chi connectivity index (χ1) is 22.5. The molecular formula is C33H47N5O8. The molecule has 0 spiro atoms. The van der Waals surface area contributed by atoms with Crippen molar-refractivity contribution in [2.24, 2.45) is 17.6 Å². The van der Waals surface area contributed by atoms with Crippen LogP contribution < -0.4 is 45.9 Å². The van der Waals surface area contributed by atoms with Crippen LogP contribution in [-0.2, 0) is 9.53 Å². The van der Waals surface area contributed by atoms with Crippen molar-refractivity contribution in [2.75, 3.05) is 66.9 Å². The minimum Gasteiger partial charge on any atom is -0.502 e. The number of methoxy groups -OCH3 is 2. The molecule has 2 amide bonds. The molecule has 2 heterocycles. The average Bonchev–Trinajstić information content (AvgIpc) is 3.68. The summed E-state index contributed by atoms with van der Waals surface area (Å²) in [5, 5.41) is 23.5. The summed E-state index contributed by atoms with van der Waals surface area (Å²) < 4.78 is 27.9. The number of cyclic esters (lactones) is 1. The van der Waals surface area contributed by atoms with E-state index < -0.39 is 17.9 Å². The SMILES string of the molecule is COc1cc(C2c3cc4c(cc3[C@@H](NC(=O)NCCCCNCCCCNCCCN)[C@H]3COC(=O)[C@H]23)OCO4)cc(OC)c1O. The van der Waals surface area contributed by atoms with Crippen molar-refractivity contribution in [2.45, 2.75) is 44.1 Å². The summed E-state index contributed by atoms with van der Waals surface area (Å²) in [5.41, 5.74) is 7.81. The summed E-state index contributed by atoms with van der Waals surface area (Å²) in [6.07, 6.45) is 5.03. The predicted molar refractivity (Wildman–Crippen MR) is 171 cm³/mol. The lowest BCUT2D eigenvalue weighted by atomic mass is 9.65. The average molecular weight is 642 g/mol. The quantitative estimate of drug-likeness (QED) is 0.111. The number of urea groups is 1. The molecule has 1 saturated heterocycles. The number of hydrogen-bond donors (Lipinski definition) is 6. The van der Waals surface area contributed by atoms with E-state index in [0.29, 0.717) is 23.6 Å². The molecule has 252 valence electrons. The van der Waals surface area contributed by atoms with Gasteiger partial charge in [-0.15, -0.1) is 0 Å². The van der Waals surface area contributed by atoms with E-state index in [-0.39, 0.29) is 48.6 Å². The van der Waals surface area contributed by atoms with E-state index in [1.54, 1.807) is 12.1 Å². The number of fused-ring (bicyclic) bond motifs is 3. The number of carbonyl (C=O) groups is 2. The molecule has 46 heavy (non-hydrogen) atoms. The molecule has 4 atom stereocenters. The number of phenols is 1. The van der Waals surface area contributed by atoms with Gasteiger partial charge in [-0.3, -0.25) is 4.79 Å². The van der Waals surface area contributed by atoms with Gasteiger partial charge in [0.05, 0.1) is 32.8 Å². The van der Waals surface area contributed by atoms with Crippen LogP contribution in [0.25, 0.3) is 0 Å². The van der Waals surface area contributed by atoms with Gasteiger partial charge in [-0.25, -0.2) is 4.79 Å². The monoisotopic (exact) mass is 641 g/mol. The minimum atomic E-state index is -0.607. The topological polar surface area (TPSA) is 175 Å². The van der Waals surface area contributed by atoms with Crippen molar-refractivity contribution in [3.8, 4) is 28.7 Å². The largest absolute Gasteiger partial charge is 0.502 e. The predicted octanol–water partition coefficient (Wildman–Crippen LogP) is 2.50. The highest BCUT2D eigenvalue weighted by atomic mass is 16.7. The van der Waals surface area contributed by atoms with E-state index in [0.717, 1.165) is 76.0 Å². The Morgan fingerprint density at radius 1 is 0.870 bits per heavy atom. The lowest BCUT2D eigenvalue weighted by molar-refractivity contribution is -0.141. The van der Waals surface area contributed by atoms with Gasteiger partial charge in [0, 0.05) is 18.4 Å². The van der Waals surface area contributed by atoms with Gasteiger partial charge in [0.1, 0.15) is 0 Å². The minimum absolute atomic E-state index is 0.0819. The van der Waals surface area contributed by atoms with Crippen LogP contribution in [0.4, 0.5) is 4.79 Å². The highest BCUT2D eigenvalue weighted by molar-refractivity contribution is 5.80. The van der Waals surface area contributed by atoms with Crippen molar-refractivity contribution in [1.82, 2.24) is 21.3 Å². The third kappa shape index (κ3) is 7.54. The number of phenolic OH excluding ortho intramolecular Hbond substituents is 1. The van der Waals surface area contributed by atoms with Gasteiger partial charge in [-0.1, -0.05) is 0 Å². The van der Waals surface area contributed by atoms with Crippen molar-refractivity contribution in [1.29, 1.82) is 0 Å². The van der Waals surface area contributed by atoms with E-state index >= 15 is 0 Å². The second kappa shape index (κ2) is 16.1. The molecule has 13 nitrogen and oxygen atoms in total. The number of nitrogens with two attached hydrogens (primary N) is 1. The summed E-state index contributed by atoms with van der Waals surface area (Å²) >= 11 is 0. The Kier molecular flexibility index (Phi) is 11.7. The number of unbranched alkanes of at least 4 members (excludes halogenated alkanes) is 2. The van der Waals surface area contributed by atoms with E-state index in [1.807, 2.05) is 12.1 Å². The molecule has 1 aliphatic carbocycles. The summed E-state index contributed by atoms with van der Waals surface area (Å²) in [6, 6.07) is 6.34. The van der Waals surface area contributed by atoms with Crippen LogP contribution in [0.1, 0.15) is 60.8 Å². The van der Waals surface area contributed by atoms with Crippen molar-refractivity contribution >= 4 is 12.0 Å². The lowest BCUT2D eigenvalue weighted by Gasteiger charge is -2.39. The Morgan fingerprint density at radius 2 is 1.46 bits per heavy atom. The van der Waals surface area contributed by atoms with Crippen LogP contribution in [0.2, 0.25) is 0 Å². The zero-order valence-corrected chi connectivity index (χ0v) is 26.7. The normalized spacial score (nSPS) is 20.9. The van der Waals surface area contributed by atoms with E-state index in [2.05, 4.69) is 21.3 Å². The molecular weight excluding hydrogens is 594 g/mol. The van der Waals surface area contributed by atoms with Gasteiger partial charge in [-0.05, 0) is 106 Å². The lowest BCUT2D eigenvalue weighted by Crippen LogP contribution is -2.46. The first-order valence-electron chi connectivity index (χ1n) is 16.2. The fourth-order valence-electron chi connectivity index (χ4n) is 6.59. The van der Waals surface area contributed by atoms with Crippen LogP contribution >= 0.6 is 0 Å². The smallest absolute Gasteiger partial charge is 0.315 e. The Balaban J connectivity index is 1.23. The fraction of sp³-hybridized carbons (Fsp3) is 0.576. The molecule has 7 N–H and O–H groups in total. The first-order valence-corrected chi connectivity index (χ1v) is 16.2. The second-order valence-corrected chi connectivity index (χ2v) is 11.8. The first kappa shape index (κ1) is 33.4. The molecule has 0 radical (unpaired) electrons. The number of rotatable bonds is 17. The van der Waals surface area contributed by atoms with Crippen LogP contribution in [0, 0.1) is 11.8 Å². The molecule has 1 unspecified atom stereocenters. The van der Waals surface area contributed by atoms with Crippen LogP contribution in [0.3, 0.4) is 0 Å². The standard InChI is InChI=1S/C33H47N5O8/c1-42-26-14-20(15-27(43-2)31(26)39)28-21-16-24-25(46-19-45-24)17-22(21)30(23-18-44-32(40)29(23)28)38-33(41)37-13-6-5-11-35-9-3-4-10-36-12-7-8-34/h14-17,23,28-30,35-36,39H,3-13,18-19,34H2,1-2H3,(H2,37,38,41)/t23-,28?,29-,30+/m0/s1. The number of amides is 2. The van der Waals surface area contributed by atoms with Crippen molar-refractivity contribution in [3.63, 3.8) is 0 Å². The second-order valence-electron chi connectivity index (χ2n) is 11.8. The molecule has 2 aromatic carbocycles. The molecule has 2 aromatic rings. The Bertz CT molecular complexity index is 1330. The summed E-state index contributed by atoms with van der Waals surface area (Å²) in [6.45, 7) is 5.33. The number of esters is 1. The number of benzene rings is 2. The Morgan fingerprint density at radius 3 is 2.07 bits per heavy atom. The zero-order chi connectivity index (χ0) is 32.5. The number of nitrogens with one attached hydrogen (secondary N) is 4. The molecule has 1 fully saturated rings. The molecule has 5 rings (SSSR count). The molecule has 0 aromatic heterocycles. The number of hydrogen-bond acceptors (Lipinski definition) is 11. The summed E-state index contributed by atoms with van der Waals surface area (Å²) in [5.74, 6) is -0.337.